The number of carbonyl (C=O) groups excluding carboxylic acids is 1. The van der Waals surface area contributed by atoms with Crippen LogP contribution in [-0.4, -0.2) is 29.1 Å². The highest BCUT2D eigenvalue weighted by atomic mass is 19.3. The van der Waals surface area contributed by atoms with Crippen molar-refractivity contribution in [1.29, 1.82) is 0 Å². The minimum absolute atomic E-state index is 0.0571. The molecule has 1 aromatic heterocycles. The van der Waals surface area contributed by atoms with Gasteiger partial charge in [0.25, 0.3) is 5.69 Å². The molecule has 0 spiro atoms. The van der Waals surface area contributed by atoms with E-state index in [1.807, 2.05) is 0 Å². The topological polar surface area (TPSA) is 91.6 Å². The molecular weight excluding hydrogens is 350 g/mol. The number of para-hydroxylation sites is 1. The lowest BCUT2D eigenvalue weighted by Crippen LogP contribution is -2.08. The number of nitro groups is 1. The van der Waals surface area contributed by atoms with Gasteiger partial charge in [0.2, 0.25) is 0 Å². The Kier molecular flexibility index (Phi) is 6.31. The number of aromatic nitrogens is 1. The third kappa shape index (κ3) is 4.82. The number of benzene rings is 1. The standard InChI is InChI=1S/C17H14F2N2O5/c1-2-25-16(22)13-9-12(21(23)24)10-20-14(13)8-7-11-5-3-4-6-15(11)26-17(18)19/h3-10,17H,2H2,1H3/b8-7+. The van der Waals surface area contributed by atoms with Gasteiger partial charge in [0.15, 0.2) is 0 Å². The van der Waals surface area contributed by atoms with Gasteiger partial charge in [-0.2, -0.15) is 8.78 Å². The normalized spacial score (nSPS) is 10.9. The number of nitrogens with zero attached hydrogens (tertiary/aromatic N) is 2. The zero-order valence-corrected chi connectivity index (χ0v) is 13.6. The van der Waals surface area contributed by atoms with E-state index < -0.39 is 17.5 Å². The van der Waals surface area contributed by atoms with Crippen molar-refractivity contribution < 1.29 is 28.0 Å². The Bertz CT molecular complexity index is 840. The Balaban J connectivity index is 2.41. The fourth-order valence-corrected chi connectivity index (χ4v) is 2.06. The molecule has 0 radical (unpaired) electrons. The van der Waals surface area contributed by atoms with Crippen LogP contribution in [0.5, 0.6) is 5.75 Å². The van der Waals surface area contributed by atoms with Crippen molar-refractivity contribution in [2.75, 3.05) is 6.61 Å². The SMILES string of the molecule is CCOC(=O)c1cc([N+](=O)[O-])cnc1/C=C/c1ccccc1OC(F)F. The van der Waals surface area contributed by atoms with Crippen LogP contribution in [0.25, 0.3) is 12.2 Å². The maximum Gasteiger partial charge on any atom is 0.387 e. The molecule has 0 unspecified atom stereocenters. The monoisotopic (exact) mass is 364 g/mol. The van der Waals surface area contributed by atoms with Crippen molar-refractivity contribution in [2.24, 2.45) is 0 Å². The van der Waals surface area contributed by atoms with Crippen molar-refractivity contribution in [3.63, 3.8) is 0 Å². The number of hydrogen-bond acceptors (Lipinski definition) is 6. The molecule has 0 atom stereocenters. The van der Waals surface area contributed by atoms with E-state index in [1.54, 1.807) is 13.0 Å². The van der Waals surface area contributed by atoms with Crippen LogP contribution in [0, 0.1) is 10.1 Å². The molecule has 1 heterocycles. The number of carbonyl (C=O) groups is 1. The van der Waals surface area contributed by atoms with Crippen LogP contribution in [0.2, 0.25) is 0 Å². The Morgan fingerprint density at radius 1 is 1.35 bits per heavy atom. The van der Waals surface area contributed by atoms with E-state index in [0.29, 0.717) is 5.56 Å². The van der Waals surface area contributed by atoms with Crippen LogP contribution < -0.4 is 4.74 Å². The second-order valence-electron chi connectivity index (χ2n) is 4.85. The lowest BCUT2D eigenvalue weighted by atomic mass is 10.1. The van der Waals surface area contributed by atoms with Gasteiger partial charge in [-0.25, -0.2) is 9.78 Å². The summed E-state index contributed by atoms with van der Waals surface area (Å²) in [5.74, 6) is -0.834. The van der Waals surface area contributed by atoms with Gasteiger partial charge in [-0.3, -0.25) is 10.1 Å². The van der Waals surface area contributed by atoms with E-state index in [9.17, 15) is 23.7 Å². The largest absolute Gasteiger partial charge is 0.462 e. The summed E-state index contributed by atoms with van der Waals surface area (Å²) < 4.78 is 34.2. The zero-order chi connectivity index (χ0) is 19.1. The number of esters is 1. The van der Waals surface area contributed by atoms with E-state index in [-0.39, 0.29) is 29.3 Å². The molecule has 136 valence electrons. The molecule has 0 saturated heterocycles. The van der Waals surface area contributed by atoms with Gasteiger partial charge in [0.1, 0.15) is 11.9 Å². The van der Waals surface area contributed by atoms with Gasteiger partial charge in [-0.05, 0) is 25.1 Å². The first kappa shape index (κ1) is 19.0. The molecule has 0 aliphatic rings. The molecule has 2 aromatic rings. The van der Waals surface area contributed by atoms with E-state index in [2.05, 4.69) is 9.72 Å². The Morgan fingerprint density at radius 3 is 2.73 bits per heavy atom. The van der Waals surface area contributed by atoms with E-state index >= 15 is 0 Å². The average molecular weight is 364 g/mol. The van der Waals surface area contributed by atoms with E-state index in [0.717, 1.165) is 12.3 Å². The van der Waals surface area contributed by atoms with Crippen molar-refractivity contribution in [2.45, 2.75) is 13.5 Å². The second-order valence-corrected chi connectivity index (χ2v) is 4.85. The first-order valence-electron chi connectivity index (χ1n) is 7.45. The number of alkyl halides is 2. The van der Waals surface area contributed by atoms with Crippen molar-refractivity contribution in [3.8, 4) is 5.75 Å². The van der Waals surface area contributed by atoms with Crippen LogP contribution >= 0.6 is 0 Å². The van der Waals surface area contributed by atoms with Crippen LogP contribution in [-0.2, 0) is 4.74 Å². The third-order valence-electron chi connectivity index (χ3n) is 3.17. The number of halogens is 2. The highest BCUT2D eigenvalue weighted by Gasteiger charge is 2.18. The smallest absolute Gasteiger partial charge is 0.387 e. The van der Waals surface area contributed by atoms with Gasteiger partial charge in [-0.15, -0.1) is 0 Å². The van der Waals surface area contributed by atoms with Crippen LogP contribution in [0.3, 0.4) is 0 Å². The number of pyridine rings is 1. The van der Waals surface area contributed by atoms with Crippen molar-refractivity contribution in [3.05, 3.63) is 63.5 Å². The minimum atomic E-state index is -2.99. The summed E-state index contributed by atoms with van der Waals surface area (Å²) in [7, 11) is 0. The summed E-state index contributed by atoms with van der Waals surface area (Å²) in [5.41, 5.74) is -0.0557. The molecule has 0 aliphatic heterocycles. The lowest BCUT2D eigenvalue weighted by Gasteiger charge is -2.08. The molecular formula is C17H14F2N2O5. The maximum atomic E-state index is 12.5. The summed E-state index contributed by atoms with van der Waals surface area (Å²) in [4.78, 5) is 26.1. The number of ether oxygens (including phenoxy) is 2. The van der Waals surface area contributed by atoms with Crippen molar-refractivity contribution in [1.82, 2.24) is 4.98 Å². The maximum absolute atomic E-state index is 12.5. The highest BCUT2D eigenvalue weighted by Crippen LogP contribution is 2.24. The van der Waals surface area contributed by atoms with Crippen LogP contribution in [0.1, 0.15) is 28.5 Å². The predicted molar refractivity (Wildman–Crippen MR) is 88.8 cm³/mol. The molecule has 0 aliphatic carbocycles. The fraction of sp³-hybridized carbons (Fsp3) is 0.176. The summed E-state index contributed by atoms with van der Waals surface area (Å²) in [6.45, 7) is -1.32. The van der Waals surface area contributed by atoms with Gasteiger partial charge >= 0.3 is 12.6 Å². The molecule has 7 nitrogen and oxygen atoms in total. The van der Waals surface area contributed by atoms with Gasteiger partial charge in [-0.1, -0.05) is 18.2 Å². The minimum Gasteiger partial charge on any atom is -0.462 e. The fourth-order valence-electron chi connectivity index (χ4n) is 2.06. The summed E-state index contributed by atoms with van der Waals surface area (Å²) in [6.07, 6.45) is 3.77. The second kappa shape index (κ2) is 8.65. The molecule has 0 amide bonds. The summed E-state index contributed by atoms with van der Waals surface area (Å²) in [5, 5.41) is 10.9. The quantitative estimate of drug-likeness (QED) is 0.420. The molecule has 1 aromatic carbocycles. The predicted octanol–water partition coefficient (Wildman–Crippen LogP) is 3.94. The molecule has 2 rings (SSSR count). The Labute approximate surface area is 147 Å². The van der Waals surface area contributed by atoms with Crippen LogP contribution in [0.15, 0.2) is 36.5 Å². The van der Waals surface area contributed by atoms with E-state index in [1.165, 1.54) is 30.4 Å². The summed E-state index contributed by atoms with van der Waals surface area (Å²) >= 11 is 0. The molecule has 0 bridgehead atoms. The molecule has 26 heavy (non-hydrogen) atoms. The Morgan fingerprint density at radius 2 is 2.08 bits per heavy atom. The van der Waals surface area contributed by atoms with Gasteiger partial charge in [0, 0.05) is 11.6 Å². The number of rotatable bonds is 7. The molecule has 0 saturated carbocycles. The van der Waals surface area contributed by atoms with Crippen molar-refractivity contribution >= 4 is 23.8 Å². The number of hydrogen-bond donors (Lipinski definition) is 0. The third-order valence-corrected chi connectivity index (χ3v) is 3.17. The molecule has 0 fully saturated rings. The zero-order valence-electron chi connectivity index (χ0n) is 13.6. The van der Waals surface area contributed by atoms with Crippen LogP contribution in [0.4, 0.5) is 14.5 Å². The Hall–Kier alpha value is -3.36. The molecule has 0 N–H and O–H groups in total. The van der Waals surface area contributed by atoms with Gasteiger partial charge in [0.05, 0.1) is 22.8 Å². The van der Waals surface area contributed by atoms with Gasteiger partial charge < -0.3 is 9.47 Å². The highest BCUT2D eigenvalue weighted by molar-refractivity contribution is 5.94. The summed E-state index contributed by atoms with van der Waals surface area (Å²) in [6, 6.07) is 7.09. The first-order chi connectivity index (χ1) is 12.4. The molecule has 9 heteroatoms. The first-order valence-corrected chi connectivity index (χ1v) is 7.45. The average Bonchev–Trinajstić information content (AvgIpc) is 2.60. The lowest BCUT2D eigenvalue weighted by molar-refractivity contribution is -0.385. The van der Waals surface area contributed by atoms with E-state index in [4.69, 9.17) is 4.74 Å².